The highest BCUT2D eigenvalue weighted by atomic mass is 19.1. The normalized spacial score (nSPS) is 10.8. The van der Waals surface area contributed by atoms with E-state index in [1.54, 1.807) is 6.07 Å². The molecule has 0 atom stereocenters. The Labute approximate surface area is 173 Å². The van der Waals surface area contributed by atoms with E-state index in [4.69, 9.17) is 0 Å². The predicted octanol–water partition coefficient (Wildman–Crippen LogP) is 2.72. The lowest BCUT2D eigenvalue weighted by Gasteiger charge is -2.22. The summed E-state index contributed by atoms with van der Waals surface area (Å²) in [4.78, 5) is 43.4. The van der Waals surface area contributed by atoms with Crippen molar-refractivity contribution in [1.82, 2.24) is 14.5 Å². The number of anilines is 1. The van der Waals surface area contributed by atoms with Gasteiger partial charge in [0.1, 0.15) is 12.4 Å². The van der Waals surface area contributed by atoms with E-state index in [9.17, 15) is 18.8 Å². The highest BCUT2D eigenvalue weighted by Gasteiger charge is 2.18. The smallest absolute Gasteiger partial charge is 0.261 e. The van der Waals surface area contributed by atoms with Gasteiger partial charge in [-0.1, -0.05) is 25.1 Å². The molecule has 1 aromatic heterocycles. The number of hydrogen-bond acceptors (Lipinski definition) is 4. The van der Waals surface area contributed by atoms with Crippen LogP contribution in [0.3, 0.4) is 0 Å². The number of nitrogens with one attached hydrogen (secondary N) is 1. The molecule has 0 fully saturated rings. The number of fused-ring (bicyclic) bond motifs is 1. The van der Waals surface area contributed by atoms with E-state index >= 15 is 0 Å². The van der Waals surface area contributed by atoms with E-state index in [1.807, 2.05) is 32.0 Å². The molecule has 0 aliphatic heterocycles. The Kier molecular flexibility index (Phi) is 6.56. The molecule has 0 spiro atoms. The second-order valence-electron chi connectivity index (χ2n) is 7.02. The van der Waals surface area contributed by atoms with Gasteiger partial charge in [0.05, 0.1) is 23.8 Å². The van der Waals surface area contributed by atoms with E-state index in [-0.39, 0.29) is 24.4 Å². The number of aromatic nitrogens is 2. The maximum atomic E-state index is 13.5. The van der Waals surface area contributed by atoms with Gasteiger partial charge in [0.2, 0.25) is 11.8 Å². The third kappa shape index (κ3) is 4.89. The standard InChI is InChI=1S/C22H23FN4O3/c1-3-10-26(12-20(28)25-18-7-5-4-6-15(18)2)21(29)13-27-14-24-19-9-8-16(23)11-17(19)22(27)30/h4-9,11,14H,3,10,12-13H2,1-2H3,(H,25,28). The van der Waals surface area contributed by atoms with E-state index in [0.717, 1.165) is 16.2 Å². The first-order valence-corrected chi connectivity index (χ1v) is 9.67. The van der Waals surface area contributed by atoms with Crippen molar-refractivity contribution < 1.29 is 14.0 Å². The molecule has 3 rings (SSSR count). The Balaban J connectivity index is 1.75. The zero-order chi connectivity index (χ0) is 21.7. The van der Waals surface area contributed by atoms with E-state index in [2.05, 4.69) is 10.3 Å². The van der Waals surface area contributed by atoms with E-state index in [0.29, 0.717) is 24.2 Å². The predicted molar refractivity (Wildman–Crippen MR) is 113 cm³/mol. The van der Waals surface area contributed by atoms with Crippen LogP contribution in [0.4, 0.5) is 10.1 Å². The molecule has 1 heterocycles. The monoisotopic (exact) mass is 410 g/mol. The van der Waals surface area contributed by atoms with Crippen molar-refractivity contribution in [1.29, 1.82) is 0 Å². The number of carbonyl (C=O) groups is 2. The zero-order valence-corrected chi connectivity index (χ0v) is 16.9. The third-order valence-electron chi connectivity index (χ3n) is 4.69. The molecule has 3 aromatic rings. The SMILES string of the molecule is CCCN(CC(=O)Nc1ccccc1C)C(=O)Cn1cnc2ccc(F)cc2c1=O. The van der Waals surface area contributed by atoms with Crippen molar-refractivity contribution in [3.63, 3.8) is 0 Å². The molecule has 0 saturated heterocycles. The number of hydrogen-bond donors (Lipinski definition) is 1. The van der Waals surface area contributed by atoms with Crippen LogP contribution in [-0.4, -0.2) is 39.4 Å². The van der Waals surface area contributed by atoms with Gasteiger partial charge >= 0.3 is 0 Å². The van der Waals surface area contributed by atoms with Crippen LogP contribution >= 0.6 is 0 Å². The highest BCUT2D eigenvalue weighted by Crippen LogP contribution is 2.13. The number of nitrogens with zero attached hydrogens (tertiary/aromatic N) is 3. The van der Waals surface area contributed by atoms with Crippen molar-refractivity contribution in [2.24, 2.45) is 0 Å². The van der Waals surface area contributed by atoms with Gasteiger partial charge in [-0.05, 0) is 43.2 Å². The second-order valence-corrected chi connectivity index (χ2v) is 7.02. The van der Waals surface area contributed by atoms with E-state index in [1.165, 1.54) is 23.4 Å². The van der Waals surface area contributed by atoms with Crippen molar-refractivity contribution in [3.05, 3.63) is 70.5 Å². The first kappa shape index (κ1) is 21.2. The number of rotatable bonds is 7. The Morgan fingerprint density at radius 2 is 1.97 bits per heavy atom. The summed E-state index contributed by atoms with van der Waals surface area (Å²) in [5, 5.41) is 2.91. The van der Waals surface area contributed by atoms with Gasteiger partial charge in [-0.2, -0.15) is 0 Å². The molecule has 2 aromatic carbocycles. The topological polar surface area (TPSA) is 84.3 Å². The summed E-state index contributed by atoms with van der Waals surface area (Å²) in [6, 6.07) is 11.1. The first-order chi connectivity index (χ1) is 14.4. The lowest BCUT2D eigenvalue weighted by molar-refractivity contribution is -0.135. The number of carbonyl (C=O) groups excluding carboxylic acids is 2. The maximum absolute atomic E-state index is 13.5. The van der Waals surface area contributed by atoms with Crippen LogP contribution in [-0.2, 0) is 16.1 Å². The van der Waals surface area contributed by atoms with Crippen LogP contribution < -0.4 is 10.9 Å². The number of para-hydroxylation sites is 1. The van der Waals surface area contributed by atoms with Crippen LogP contribution in [0.15, 0.2) is 53.6 Å². The number of aryl methyl sites for hydroxylation is 1. The maximum Gasteiger partial charge on any atom is 0.261 e. The summed E-state index contributed by atoms with van der Waals surface area (Å²) in [7, 11) is 0. The minimum absolute atomic E-state index is 0.102. The fraction of sp³-hybridized carbons (Fsp3) is 0.273. The average Bonchev–Trinajstić information content (AvgIpc) is 2.72. The van der Waals surface area contributed by atoms with Gasteiger partial charge in [-0.15, -0.1) is 0 Å². The lowest BCUT2D eigenvalue weighted by atomic mass is 10.2. The quantitative estimate of drug-likeness (QED) is 0.649. The second kappa shape index (κ2) is 9.30. The Bertz CT molecular complexity index is 1140. The van der Waals surface area contributed by atoms with Crippen LogP contribution in [0.1, 0.15) is 18.9 Å². The molecule has 0 aliphatic carbocycles. The van der Waals surface area contributed by atoms with Gasteiger partial charge in [-0.25, -0.2) is 9.37 Å². The molecule has 0 saturated carbocycles. The van der Waals surface area contributed by atoms with Crippen molar-refractivity contribution >= 4 is 28.4 Å². The number of amides is 2. The summed E-state index contributed by atoms with van der Waals surface area (Å²) in [6.45, 7) is 3.73. The van der Waals surface area contributed by atoms with Crippen molar-refractivity contribution in [2.45, 2.75) is 26.8 Å². The van der Waals surface area contributed by atoms with Gasteiger partial charge in [0.15, 0.2) is 0 Å². The highest BCUT2D eigenvalue weighted by molar-refractivity contribution is 5.95. The summed E-state index contributed by atoms with van der Waals surface area (Å²) < 4.78 is 14.6. The van der Waals surface area contributed by atoms with Gasteiger partial charge in [0.25, 0.3) is 5.56 Å². The first-order valence-electron chi connectivity index (χ1n) is 9.67. The van der Waals surface area contributed by atoms with Crippen molar-refractivity contribution in [3.8, 4) is 0 Å². The molecule has 0 unspecified atom stereocenters. The zero-order valence-electron chi connectivity index (χ0n) is 16.9. The Hall–Kier alpha value is -3.55. The molecule has 1 N–H and O–H groups in total. The van der Waals surface area contributed by atoms with Gasteiger partial charge in [-0.3, -0.25) is 19.0 Å². The summed E-state index contributed by atoms with van der Waals surface area (Å²) in [5.74, 6) is -1.26. The summed E-state index contributed by atoms with van der Waals surface area (Å²) in [6.07, 6.45) is 1.91. The molecular formula is C22H23FN4O3. The van der Waals surface area contributed by atoms with Crippen LogP contribution in [0.2, 0.25) is 0 Å². The van der Waals surface area contributed by atoms with Crippen LogP contribution in [0, 0.1) is 12.7 Å². The molecule has 0 bridgehead atoms. The molecule has 0 aliphatic rings. The fourth-order valence-corrected chi connectivity index (χ4v) is 3.13. The molecule has 156 valence electrons. The third-order valence-corrected chi connectivity index (χ3v) is 4.69. The molecule has 2 amide bonds. The van der Waals surface area contributed by atoms with Gasteiger partial charge < -0.3 is 10.2 Å². The largest absolute Gasteiger partial charge is 0.332 e. The van der Waals surface area contributed by atoms with E-state index < -0.39 is 17.3 Å². The lowest BCUT2D eigenvalue weighted by Crippen LogP contribution is -2.41. The fourth-order valence-electron chi connectivity index (χ4n) is 3.13. The Morgan fingerprint density at radius 3 is 2.70 bits per heavy atom. The minimum Gasteiger partial charge on any atom is -0.332 e. The minimum atomic E-state index is -0.550. The Morgan fingerprint density at radius 1 is 1.20 bits per heavy atom. The summed E-state index contributed by atoms with van der Waals surface area (Å²) in [5.41, 5.74) is 1.45. The summed E-state index contributed by atoms with van der Waals surface area (Å²) >= 11 is 0. The molecule has 0 radical (unpaired) electrons. The van der Waals surface area contributed by atoms with Crippen LogP contribution in [0.25, 0.3) is 10.9 Å². The van der Waals surface area contributed by atoms with Gasteiger partial charge in [0, 0.05) is 12.2 Å². The number of benzene rings is 2. The number of halogens is 1. The molecule has 7 nitrogen and oxygen atoms in total. The molecule has 8 heteroatoms. The molecular weight excluding hydrogens is 387 g/mol. The van der Waals surface area contributed by atoms with Crippen molar-refractivity contribution in [2.75, 3.05) is 18.4 Å². The molecule has 30 heavy (non-hydrogen) atoms. The average molecular weight is 410 g/mol. The van der Waals surface area contributed by atoms with Crippen LogP contribution in [0.5, 0.6) is 0 Å².